The molecule has 0 heterocycles. The average molecular weight is 143 g/mol. The van der Waals surface area contributed by atoms with Crippen LogP contribution in [0.4, 0.5) is 0 Å². The van der Waals surface area contributed by atoms with Gasteiger partial charge in [0, 0.05) is 18.3 Å². The minimum absolute atomic E-state index is 0.155. The molecule has 0 aromatic heterocycles. The summed E-state index contributed by atoms with van der Waals surface area (Å²) in [5.41, 5.74) is 0. The van der Waals surface area contributed by atoms with Gasteiger partial charge in [0.25, 0.3) is 0 Å². The number of carboxylic acid groups (broad SMARTS) is 1. The van der Waals surface area contributed by atoms with Gasteiger partial charge < -0.3 is 9.90 Å². The number of hydrogen-bond acceptors (Lipinski definition) is 3. The van der Waals surface area contributed by atoms with Crippen LogP contribution in [0.3, 0.4) is 0 Å². The molecule has 0 aliphatic carbocycles. The van der Waals surface area contributed by atoms with Gasteiger partial charge >= 0.3 is 0 Å². The zero-order chi connectivity index (χ0) is 8.15. The van der Waals surface area contributed by atoms with Crippen LogP contribution in [0.5, 0.6) is 0 Å². The minimum atomic E-state index is -1.29. The number of carbonyl (C=O) groups excluding carboxylic acids is 2. The Morgan fingerprint density at radius 3 is 2.30 bits per heavy atom. The van der Waals surface area contributed by atoms with Gasteiger partial charge in [-0.3, -0.25) is 4.79 Å². The Bertz CT molecular complexity index is 140. The molecule has 0 saturated carbocycles. The molecule has 0 saturated heterocycles. The molecular weight excluding hydrogens is 132 g/mol. The molecule has 3 nitrogen and oxygen atoms in total. The van der Waals surface area contributed by atoms with E-state index < -0.39 is 12.4 Å². The van der Waals surface area contributed by atoms with Crippen molar-refractivity contribution in [2.75, 3.05) is 0 Å². The van der Waals surface area contributed by atoms with Crippen molar-refractivity contribution < 1.29 is 14.7 Å². The molecule has 0 N–H and O–H groups in total. The molecule has 0 aliphatic heterocycles. The second kappa shape index (κ2) is 4.04. The fraction of sp³-hybridized carbons (Fsp3) is 0.714. The highest BCUT2D eigenvalue weighted by Crippen LogP contribution is 2.03. The second-order valence-corrected chi connectivity index (χ2v) is 2.32. The first-order chi connectivity index (χ1) is 4.57. The van der Waals surface area contributed by atoms with Crippen molar-refractivity contribution >= 4 is 11.8 Å². The van der Waals surface area contributed by atoms with Crippen LogP contribution in [-0.4, -0.2) is 11.8 Å². The fourth-order valence-corrected chi connectivity index (χ4v) is 0.544. The second-order valence-electron chi connectivity index (χ2n) is 2.32. The zero-order valence-corrected chi connectivity index (χ0v) is 6.22. The van der Waals surface area contributed by atoms with E-state index in [1.807, 2.05) is 6.92 Å². The van der Waals surface area contributed by atoms with E-state index in [4.69, 9.17) is 0 Å². The average Bonchev–Trinajstić information content (AvgIpc) is 1.85. The Kier molecular flexibility index (Phi) is 3.69. The molecule has 0 fully saturated rings. The van der Waals surface area contributed by atoms with E-state index in [0.717, 1.165) is 0 Å². The van der Waals surface area contributed by atoms with Crippen LogP contribution >= 0.6 is 0 Å². The summed E-state index contributed by atoms with van der Waals surface area (Å²) in [7, 11) is 0. The summed E-state index contributed by atoms with van der Waals surface area (Å²) >= 11 is 0. The number of carbonyl (C=O) groups is 2. The molecule has 0 amide bonds. The highest BCUT2D eigenvalue weighted by atomic mass is 16.4. The van der Waals surface area contributed by atoms with Crippen LogP contribution in [-0.2, 0) is 9.59 Å². The molecule has 58 valence electrons. The quantitative estimate of drug-likeness (QED) is 0.509. The van der Waals surface area contributed by atoms with Crippen molar-refractivity contribution in [2.45, 2.75) is 26.7 Å². The Hall–Kier alpha value is -0.860. The largest absolute Gasteiger partial charge is 0.550 e. The summed E-state index contributed by atoms with van der Waals surface area (Å²) in [6.07, 6.45) is 0.237. The molecule has 1 unspecified atom stereocenters. The molecule has 0 spiro atoms. The minimum Gasteiger partial charge on any atom is -0.550 e. The molecule has 0 aliphatic rings. The lowest BCUT2D eigenvalue weighted by Crippen LogP contribution is -2.27. The van der Waals surface area contributed by atoms with Crippen molar-refractivity contribution in [1.82, 2.24) is 0 Å². The maximum Gasteiger partial charge on any atom is 0.141 e. The van der Waals surface area contributed by atoms with Gasteiger partial charge in [-0.05, 0) is 6.42 Å². The van der Waals surface area contributed by atoms with Crippen LogP contribution in [0.15, 0.2) is 0 Å². The fourth-order valence-electron chi connectivity index (χ4n) is 0.544. The highest BCUT2D eigenvalue weighted by Gasteiger charge is 2.09. The highest BCUT2D eigenvalue weighted by molar-refractivity contribution is 5.94. The standard InChI is InChI=1S/C7H12O3/c1-3-5(2)6(8)4-7(9)10/h5H,3-4H2,1-2H3,(H,9,10)/p-1. The summed E-state index contributed by atoms with van der Waals surface area (Å²) in [6, 6.07) is 0. The number of hydrogen-bond donors (Lipinski definition) is 0. The first-order valence-corrected chi connectivity index (χ1v) is 3.30. The molecule has 3 heteroatoms. The van der Waals surface area contributed by atoms with Crippen molar-refractivity contribution in [3.05, 3.63) is 0 Å². The van der Waals surface area contributed by atoms with E-state index in [-0.39, 0.29) is 11.7 Å². The molecule has 0 bridgehead atoms. The number of carboxylic acids is 1. The van der Waals surface area contributed by atoms with E-state index in [0.29, 0.717) is 6.42 Å². The molecule has 0 radical (unpaired) electrons. The molecule has 1 atom stereocenters. The third kappa shape index (κ3) is 3.22. The molecular formula is C7H11O3-. The van der Waals surface area contributed by atoms with Gasteiger partial charge in [-0.2, -0.15) is 0 Å². The number of rotatable bonds is 4. The first kappa shape index (κ1) is 9.14. The van der Waals surface area contributed by atoms with Gasteiger partial charge in [-0.1, -0.05) is 13.8 Å². The van der Waals surface area contributed by atoms with E-state index >= 15 is 0 Å². The van der Waals surface area contributed by atoms with Gasteiger partial charge in [-0.15, -0.1) is 0 Å². The number of aliphatic carboxylic acids is 1. The Morgan fingerprint density at radius 1 is 1.50 bits per heavy atom. The topological polar surface area (TPSA) is 57.2 Å². The Morgan fingerprint density at radius 2 is 2.00 bits per heavy atom. The van der Waals surface area contributed by atoms with Crippen molar-refractivity contribution in [3.8, 4) is 0 Å². The first-order valence-electron chi connectivity index (χ1n) is 3.30. The summed E-state index contributed by atoms with van der Waals surface area (Å²) in [6.45, 7) is 3.56. The maximum absolute atomic E-state index is 10.8. The molecule has 0 rings (SSSR count). The van der Waals surface area contributed by atoms with E-state index in [2.05, 4.69) is 0 Å². The number of Topliss-reactive ketones (excluding diaryl/α,β-unsaturated/α-hetero) is 1. The van der Waals surface area contributed by atoms with Gasteiger partial charge in [0.15, 0.2) is 0 Å². The van der Waals surface area contributed by atoms with E-state index in [9.17, 15) is 14.7 Å². The normalized spacial score (nSPS) is 12.6. The van der Waals surface area contributed by atoms with Gasteiger partial charge in [0.2, 0.25) is 0 Å². The van der Waals surface area contributed by atoms with Crippen molar-refractivity contribution in [2.24, 2.45) is 5.92 Å². The third-order valence-electron chi connectivity index (χ3n) is 1.48. The Balaban J connectivity index is 3.73. The van der Waals surface area contributed by atoms with Crippen LogP contribution in [0.25, 0.3) is 0 Å². The molecule has 0 aromatic carbocycles. The smallest absolute Gasteiger partial charge is 0.141 e. The number of ketones is 1. The monoisotopic (exact) mass is 143 g/mol. The lowest BCUT2D eigenvalue weighted by atomic mass is 10.0. The molecule has 0 aromatic rings. The Labute approximate surface area is 60.0 Å². The van der Waals surface area contributed by atoms with Crippen molar-refractivity contribution in [3.63, 3.8) is 0 Å². The van der Waals surface area contributed by atoms with E-state index in [1.54, 1.807) is 6.92 Å². The van der Waals surface area contributed by atoms with Crippen LogP contribution < -0.4 is 5.11 Å². The van der Waals surface area contributed by atoms with Gasteiger partial charge in [-0.25, -0.2) is 0 Å². The summed E-state index contributed by atoms with van der Waals surface area (Å²) in [5, 5.41) is 9.90. The van der Waals surface area contributed by atoms with Gasteiger partial charge in [0.05, 0.1) is 0 Å². The summed E-state index contributed by atoms with van der Waals surface area (Å²) < 4.78 is 0. The van der Waals surface area contributed by atoms with Crippen LogP contribution in [0, 0.1) is 5.92 Å². The third-order valence-corrected chi connectivity index (χ3v) is 1.48. The summed E-state index contributed by atoms with van der Waals surface area (Å²) in [4.78, 5) is 20.7. The predicted molar refractivity (Wildman–Crippen MR) is 34.1 cm³/mol. The predicted octanol–water partition coefficient (Wildman–Crippen LogP) is -0.258. The van der Waals surface area contributed by atoms with E-state index in [1.165, 1.54) is 0 Å². The zero-order valence-electron chi connectivity index (χ0n) is 6.22. The van der Waals surface area contributed by atoms with Crippen molar-refractivity contribution in [1.29, 1.82) is 0 Å². The lowest BCUT2D eigenvalue weighted by Gasteiger charge is -2.06. The summed E-state index contributed by atoms with van der Waals surface area (Å²) in [5.74, 6) is -1.69. The maximum atomic E-state index is 10.8. The molecule has 10 heavy (non-hydrogen) atoms. The SMILES string of the molecule is CCC(C)C(=O)CC(=O)[O-]. The van der Waals surface area contributed by atoms with Crippen LogP contribution in [0.1, 0.15) is 26.7 Å². The lowest BCUT2D eigenvalue weighted by molar-refractivity contribution is -0.304. The van der Waals surface area contributed by atoms with Crippen LogP contribution in [0.2, 0.25) is 0 Å². The van der Waals surface area contributed by atoms with Gasteiger partial charge in [0.1, 0.15) is 5.78 Å².